The van der Waals surface area contributed by atoms with E-state index in [2.05, 4.69) is 35.1 Å². The van der Waals surface area contributed by atoms with Crippen molar-refractivity contribution < 1.29 is 9.53 Å². The first-order valence-corrected chi connectivity index (χ1v) is 10.4. The Bertz CT molecular complexity index is 1170. The van der Waals surface area contributed by atoms with Crippen LogP contribution in [0.1, 0.15) is 16.7 Å². The molecule has 2 heterocycles. The minimum Gasteiger partial charge on any atom is -0.485 e. The van der Waals surface area contributed by atoms with Crippen molar-refractivity contribution in [3.63, 3.8) is 0 Å². The number of nitrogens with zero attached hydrogens (tertiary/aromatic N) is 1. The number of rotatable bonds is 7. The lowest BCUT2D eigenvalue weighted by atomic mass is 10.0. The second kappa shape index (κ2) is 8.45. The van der Waals surface area contributed by atoms with E-state index < -0.39 is 0 Å². The zero-order chi connectivity index (χ0) is 20.2. The Labute approximate surface area is 173 Å². The van der Waals surface area contributed by atoms with Crippen LogP contribution in [0.25, 0.3) is 21.3 Å². The summed E-state index contributed by atoms with van der Waals surface area (Å²) in [7, 11) is 0. The lowest BCUT2D eigenvalue weighted by molar-refractivity contribution is -0.119. The average Bonchev–Trinajstić information content (AvgIpc) is 3.39. The normalized spacial score (nSPS) is 11.4. The van der Waals surface area contributed by atoms with E-state index in [0.29, 0.717) is 0 Å². The summed E-state index contributed by atoms with van der Waals surface area (Å²) in [6.45, 7) is 4.19. The molecule has 4 nitrogen and oxygen atoms in total. The molecular formula is C24H22N2O2S. The van der Waals surface area contributed by atoms with Crippen molar-refractivity contribution in [2.24, 2.45) is 4.99 Å². The van der Waals surface area contributed by atoms with E-state index in [4.69, 9.17) is 4.74 Å². The molecule has 0 saturated carbocycles. The van der Waals surface area contributed by atoms with E-state index in [9.17, 15) is 4.79 Å². The fourth-order valence-electron chi connectivity index (χ4n) is 3.43. The molecule has 2 aromatic carbocycles. The molecule has 1 N–H and O–H groups in total. The molecule has 0 spiro atoms. The molecule has 0 bridgehead atoms. The molecule has 4 aromatic rings. The zero-order valence-corrected chi connectivity index (χ0v) is 17.3. The van der Waals surface area contributed by atoms with Gasteiger partial charge in [-0.15, -0.1) is 11.3 Å². The molecule has 0 atom stereocenters. The quantitative estimate of drug-likeness (QED) is 0.410. The Morgan fingerprint density at radius 3 is 2.90 bits per heavy atom. The highest BCUT2D eigenvalue weighted by Crippen LogP contribution is 2.36. The second-order valence-corrected chi connectivity index (χ2v) is 7.97. The van der Waals surface area contributed by atoms with Crippen LogP contribution < -0.4 is 4.74 Å². The summed E-state index contributed by atoms with van der Waals surface area (Å²) in [5.74, 6) is 0.715. The van der Waals surface area contributed by atoms with E-state index in [-0.39, 0.29) is 18.9 Å². The van der Waals surface area contributed by atoms with Gasteiger partial charge in [-0.1, -0.05) is 24.3 Å². The number of carbonyl (C=O) groups excluding carboxylic acids is 1. The number of ether oxygens (including phenoxy) is 1. The highest BCUT2D eigenvalue weighted by Gasteiger charge is 2.13. The third-order valence-electron chi connectivity index (χ3n) is 4.71. The van der Waals surface area contributed by atoms with Gasteiger partial charge in [0.1, 0.15) is 18.9 Å². The Kier molecular flexibility index (Phi) is 5.58. The highest BCUT2D eigenvalue weighted by atomic mass is 32.1. The van der Waals surface area contributed by atoms with Crippen LogP contribution in [0, 0.1) is 13.8 Å². The Hall–Kier alpha value is -3.18. The number of thiophene rings is 1. The highest BCUT2D eigenvalue weighted by molar-refractivity contribution is 7.13. The minimum atomic E-state index is -0.0559. The number of aromatic amines is 1. The molecule has 146 valence electrons. The van der Waals surface area contributed by atoms with Crippen molar-refractivity contribution in [1.29, 1.82) is 0 Å². The first kappa shape index (κ1) is 19.2. The van der Waals surface area contributed by atoms with Crippen LogP contribution in [0.5, 0.6) is 5.75 Å². The van der Waals surface area contributed by atoms with Crippen LogP contribution in [-0.4, -0.2) is 30.1 Å². The summed E-state index contributed by atoms with van der Waals surface area (Å²) < 4.78 is 5.95. The maximum Gasteiger partial charge on any atom is 0.191 e. The minimum absolute atomic E-state index is 0.00791. The van der Waals surface area contributed by atoms with Crippen LogP contribution >= 0.6 is 11.3 Å². The van der Waals surface area contributed by atoms with Gasteiger partial charge in [0.25, 0.3) is 0 Å². The number of Topliss-reactive ketones (excluding diaryl/α,β-unsaturated/α-hetero) is 1. The standard InChI is InChI=1S/C24H22N2O2S/c1-16-11-17(2)24(21(12-16)23-7-4-10-29-23)28-15-19(27)14-25-13-18-5-3-6-22-20(18)8-9-26-22/h3-13,26H,14-15H2,1-2H3. The molecule has 2 aromatic heterocycles. The maximum absolute atomic E-state index is 12.4. The van der Waals surface area contributed by atoms with Crippen LogP contribution in [-0.2, 0) is 4.79 Å². The predicted molar refractivity (Wildman–Crippen MR) is 120 cm³/mol. The number of H-pyrrole nitrogens is 1. The molecule has 29 heavy (non-hydrogen) atoms. The van der Waals surface area contributed by atoms with Crippen LogP contribution in [0.4, 0.5) is 0 Å². The first-order chi connectivity index (χ1) is 14.1. The molecule has 0 radical (unpaired) electrons. The van der Waals surface area contributed by atoms with Gasteiger partial charge in [0.15, 0.2) is 5.78 Å². The van der Waals surface area contributed by atoms with Crippen LogP contribution in [0.3, 0.4) is 0 Å². The van der Waals surface area contributed by atoms with Crippen molar-refractivity contribution in [3.8, 4) is 16.2 Å². The topological polar surface area (TPSA) is 54.4 Å². The number of benzene rings is 2. The third-order valence-corrected chi connectivity index (χ3v) is 5.61. The van der Waals surface area contributed by atoms with Gasteiger partial charge in [-0.2, -0.15) is 0 Å². The molecule has 0 unspecified atom stereocenters. The summed E-state index contributed by atoms with van der Waals surface area (Å²) in [5, 5.41) is 3.14. The maximum atomic E-state index is 12.4. The van der Waals surface area contributed by atoms with Gasteiger partial charge in [0.05, 0.1) is 0 Å². The lowest BCUT2D eigenvalue weighted by Crippen LogP contribution is -2.15. The van der Waals surface area contributed by atoms with E-state index in [1.165, 1.54) is 5.56 Å². The van der Waals surface area contributed by atoms with Gasteiger partial charge in [0.2, 0.25) is 0 Å². The summed E-state index contributed by atoms with van der Waals surface area (Å²) >= 11 is 1.66. The van der Waals surface area contributed by atoms with Crippen molar-refractivity contribution >= 4 is 34.2 Å². The van der Waals surface area contributed by atoms with Crippen molar-refractivity contribution in [2.45, 2.75) is 13.8 Å². The third kappa shape index (κ3) is 4.30. The molecule has 0 amide bonds. The Balaban J connectivity index is 1.43. The van der Waals surface area contributed by atoms with Gasteiger partial charge in [0, 0.05) is 39.3 Å². The summed E-state index contributed by atoms with van der Waals surface area (Å²) in [6.07, 6.45) is 3.65. The van der Waals surface area contributed by atoms with Gasteiger partial charge >= 0.3 is 0 Å². The first-order valence-electron chi connectivity index (χ1n) is 9.47. The summed E-state index contributed by atoms with van der Waals surface area (Å²) in [4.78, 5) is 21.0. The van der Waals surface area contributed by atoms with E-state index in [1.54, 1.807) is 17.6 Å². The lowest BCUT2D eigenvalue weighted by Gasteiger charge is -2.14. The number of hydrogen-bond acceptors (Lipinski definition) is 4. The molecule has 0 saturated heterocycles. The van der Waals surface area contributed by atoms with Crippen molar-refractivity contribution in [2.75, 3.05) is 13.2 Å². The fraction of sp³-hybridized carbons (Fsp3) is 0.167. The van der Waals surface area contributed by atoms with Crippen LogP contribution in [0.2, 0.25) is 0 Å². The number of aromatic nitrogens is 1. The molecular weight excluding hydrogens is 380 g/mol. The number of nitrogens with one attached hydrogen (secondary N) is 1. The number of carbonyl (C=O) groups is 1. The SMILES string of the molecule is Cc1cc(C)c(OCC(=O)CN=Cc2cccc3[nH]ccc23)c(-c2cccs2)c1. The molecule has 0 aliphatic carbocycles. The van der Waals surface area contributed by atoms with Crippen molar-refractivity contribution in [3.05, 3.63) is 76.8 Å². The van der Waals surface area contributed by atoms with Crippen molar-refractivity contribution in [1.82, 2.24) is 4.98 Å². The summed E-state index contributed by atoms with van der Waals surface area (Å²) in [6, 6.07) is 16.3. The Morgan fingerprint density at radius 2 is 2.07 bits per heavy atom. The van der Waals surface area contributed by atoms with Gasteiger partial charge in [-0.05, 0) is 54.6 Å². The predicted octanol–water partition coefficient (Wildman–Crippen LogP) is 5.58. The molecule has 0 aliphatic rings. The largest absolute Gasteiger partial charge is 0.485 e. The number of ketones is 1. The molecule has 4 rings (SSSR count). The van der Waals surface area contributed by atoms with Gasteiger partial charge < -0.3 is 9.72 Å². The van der Waals surface area contributed by atoms with E-state index >= 15 is 0 Å². The van der Waals surface area contributed by atoms with E-state index in [1.807, 2.05) is 48.8 Å². The molecule has 0 aliphatic heterocycles. The van der Waals surface area contributed by atoms with Gasteiger partial charge in [-0.25, -0.2) is 0 Å². The number of hydrogen-bond donors (Lipinski definition) is 1. The second-order valence-electron chi connectivity index (χ2n) is 7.02. The fourth-order valence-corrected chi connectivity index (χ4v) is 4.17. The average molecular weight is 403 g/mol. The van der Waals surface area contributed by atoms with Crippen LogP contribution in [0.15, 0.2) is 65.1 Å². The number of fused-ring (bicyclic) bond motifs is 1. The van der Waals surface area contributed by atoms with Gasteiger partial charge in [-0.3, -0.25) is 9.79 Å². The number of aryl methyl sites for hydroxylation is 2. The van der Waals surface area contributed by atoms with E-state index in [0.717, 1.165) is 38.2 Å². The molecule has 5 heteroatoms. The molecule has 0 fully saturated rings. The smallest absolute Gasteiger partial charge is 0.191 e. The Morgan fingerprint density at radius 1 is 1.17 bits per heavy atom. The summed E-state index contributed by atoms with van der Waals surface area (Å²) in [5.41, 5.74) is 5.29. The zero-order valence-electron chi connectivity index (χ0n) is 16.4. The monoisotopic (exact) mass is 402 g/mol. The number of aliphatic imine (C=N–C) groups is 1.